The second kappa shape index (κ2) is 6.07. The van der Waals surface area contributed by atoms with Crippen LogP contribution in [0.3, 0.4) is 0 Å². The number of nitrogens with zero attached hydrogens (tertiary/aromatic N) is 2. The average Bonchev–Trinajstić information content (AvgIpc) is 3.09. The van der Waals surface area contributed by atoms with Gasteiger partial charge in [-0.15, -0.1) is 0 Å². The molecule has 3 rings (SSSR count). The van der Waals surface area contributed by atoms with Crippen LogP contribution in [0.15, 0.2) is 63.2 Å². The van der Waals surface area contributed by atoms with Gasteiger partial charge in [0.2, 0.25) is 0 Å². The van der Waals surface area contributed by atoms with Gasteiger partial charge in [-0.1, -0.05) is 42.1 Å². The monoisotopic (exact) mass is 314 g/mol. The van der Waals surface area contributed by atoms with Crippen LogP contribution in [0.25, 0.3) is 6.08 Å². The lowest BCUT2D eigenvalue weighted by atomic mass is 10.2. The number of hydrazone groups is 1. The van der Waals surface area contributed by atoms with Crippen LogP contribution in [0.1, 0.15) is 11.3 Å². The summed E-state index contributed by atoms with van der Waals surface area (Å²) in [7, 11) is 0. The largest absolute Gasteiger partial charge is 0.465 e. The number of hydrogen-bond donors (Lipinski definition) is 0. The van der Waals surface area contributed by atoms with Gasteiger partial charge in [0.15, 0.2) is 4.32 Å². The number of furan rings is 1. The summed E-state index contributed by atoms with van der Waals surface area (Å²) in [6, 6.07) is 13.1. The zero-order valence-corrected chi connectivity index (χ0v) is 12.4. The van der Waals surface area contributed by atoms with E-state index in [9.17, 15) is 4.79 Å². The van der Waals surface area contributed by atoms with E-state index in [1.54, 1.807) is 30.7 Å². The number of amides is 1. The zero-order chi connectivity index (χ0) is 14.7. The van der Waals surface area contributed by atoms with E-state index in [1.807, 2.05) is 30.3 Å². The second-order valence-electron chi connectivity index (χ2n) is 4.16. The molecule has 0 bridgehead atoms. The van der Waals surface area contributed by atoms with Crippen LogP contribution < -0.4 is 0 Å². The molecular weight excluding hydrogens is 304 g/mol. The summed E-state index contributed by atoms with van der Waals surface area (Å²) in [6.07, 6.45) is 4.83. The van der Waals surface area contributed by atoms with E-state index >= 15 is 0 Å². The lowest BCUT2D eigenvalue weighted by molar-refractivity contribution is -0.122. The van der Waals surface area contributed by atoms with Gasteiger partial charge in [-0.25, -0.2) is 0 Å². The van der Waals surface area contributed by atoms with Crippen molar-refractivity contribution in [1.29, 1.82) is 0 Å². The van der Waals surface area contributed by atoms with Gasteiger partial charge < -0.3 is 4.42 Å². The highest BCUT2D eigenvalue weighted by atomic mass is 32.2. The Labute approximate surface area is 131 Å². The number of thioether (sulfide) groups is 1. The van der Waals surface area contributed by atoms with Gasteiger partial charge in [-0.3, -0.25) is 4.79 Å². The normalized spacial score (nSPS) is 17.3. The van der Waals surface area contributed by atoms with E-state index in [4.69, 9.17) is 16.6 Å². The van der Waals surface area contributed by atoms with Crippen molar-refractivity contribution < 1.29 is 9.21 Å². The lowest BCUT2D eigenvalue weighted by Crippen LogP contribution is -2.22. The summed E-state index contributed by atoms with van der Waals surface area (Å²) in [5.74, 6) is 0.371. The third-order valence-corrected chi connectivity index (χ3v) is 3.99. The minimum atomic E-state index is -0.242. The van der Waals surface area contributed by atoms with Crippen LogP contribution in [0.2, 0.25) is 0 Å². The number of carbonyl (C=O) groups is 1. The smallest absolute Gasteiger partial charge is 0.286 e. The molecule has 1 aliphatic heterocycles. The molecule has 2 heterocycles. The van der Waals surface area contributed by atoms with E-state index in [1.165, 1.54) is 16.8 Å². The molecule has 0 saturated carbocycles. The maximum atomic E-state index is 12.3. The predicted octanol–water partition coefficient (Wildman–Crippen LogP) is 3.51. The van der Waals surface area contributed by atoms with Crippen LogP contribution in [-0.2, 0) is 4.79 Å². The highest BCUT2D eigenvalue weighted by Gasteiger charge is 2.32. The first-order chi connectivity index (χ1) is 10.2. The highest BCUT2D eigenvalue weighted by molar-refractivity contribution is 8.26. The standard InChI is InChI=1S/C15H10N2O2S2/c18-14-13(9-12-7-4-8-19-12)21-15(20)17(14)16-10-11-5-2-1-3-6-11/h1-10H. The Morgan fingerprint density at radius 3 is 2.71 bits per heavy atom. The summed E-state index contributed by atoms with van der Waals surface area (Å²) in [6.45, 7) is 0. The number of carbonyl (C=O) groups excluding carboxylic acids is 1. The topological polar surface area (TPSA) is 45.8 Å². The van der Waals surface area contributed by atoms with E-state index < -0.39 is 0 Å². The van der Waals surface area contributed by atoms with Crippen LogP contribution >= 0.6 is 24.0 Å². The lowest BCUT2D eigenvalue weighted by Gasteiger charge is -2.05. The Kier molecular flexibility index (Phi) is 3.98. The van der Waals surface area contributed by atoms with Crippen molar-refractivity contribution in [3.05, 3.63) is 65.0 Å². The Bertz CT molecular complexity index is 721. The van der Waals surface area contributed by atoms with Gasteiger partial charge in [-0.2, -0.15) is 10.1 Å². The van der Waals surface area contributed by atoms with Crippen molar-refractivity contribution in [2.75, 3.05) is 0 Å². The summed E-state index contributed by atoms with van der Waals surface area (Å²) in [5, 5.41) is 5.38. The van der Waals surface area contributed by atoms with Crippen molar-refractivity contribution in [3.8, 4) is 0 Å². The average molecular weight is 314 g/mol. The van der Waals surface area contributed by atoms with E-state index in [0.29, 0.717) is 15.0 Å². The molecule has 1 aromatic carbocycles. The van der Waals surface area contributed by atoms with Crippen molar-refractivity contribution in [3.63, 3.8) is 0 Å². The number of thiocarbonyl (C=S) groups is 1. The molecular formula is C15H10N2O2S2. The Balaban J connectivity index is 1.80. The third kappa shape index (κ3) is 3.12. The summed E-state index contributed by atoms with van der Waals surface area (Å²) in [5.41, 5.74) is 0.904. The molecule has 0 radical (unpaired) electrons. The highest BCUT2D eigenvalue weighted by Crippen LogP contribution is 2.32. The fourth-order valence-electron chi connectivity index (χ4n) is 1.73. The van der Waals surface area contributed by atoms with Gasteiger partial charge in [0, 0.05) is 6.08 Å². The molecule has 6 heteroatoms. The van der Waals surface area contributed by atoms with Crippen LogP contribution in [0, 0.1) is 0 Å². The molecule has 0 N–H and O–H groups in total. The minimum Gasteiger partial charge on any atom is -0.465 e. The molecule has 1 amide bonds. The maximum Gasteiger partial charge on any atom is 0.286 e. The van der Waals surface area contributed by atoms with Crippen LogP contribution in [-0.4, -0.2) is 21.5 Å². The van der Waals surface area contributed by atoms with Gasteiger partial charge in [-0.05, 0) is 29.9 Å². The molecule has 1 saturated heterocycles. The fraction of sp³-hybridized carbons (Fsp3) is 0. The molecule has 0 unspecified atom stereocenters. The number of rotatable bonds is 3. The van der Waals surface area contributed by atoms with Gasteiger partial charge in [0.25, 0.3) is 5.91 Å². The molecule has 1 aliphatic rings. The third-order valence-electron chi connectivity index (χ3n) is 2.71. The molecule has 104 valence electrons. The fourth-order valence-corrected chi connectivity index (χ4v) is 2.88. The minimum absolute atomic E-state index is 0.242. The molecule has 0 spiro atoms. The quantitative estimate of drug-likeness (QED) is 0.494. The Hall–Kier alpha value is -2.18. The first kappa shape index (κ1) is 13.8. The molecule has 21 heavy (non-hydrogen) atoms. The second-order valence-corrected chi connectivity index (χ2v) is 5.84. The Morgan fingerprint density at radius 2 is 2.00 bits per heavy atom. The van der Waals surface area contributed by atoms with E-state index in [-0.39, 0.29) is 5.91 Å². The van der Waals surface area contributed by atoms with Crippen LogP contribution in [0.5, 0.6) is 0 Å². The van der Waals surface area contributed by atoms with Crippen LogP contribution in [0.4, 0.5) is 0 Å². The SMILES string of the molecule is O=C1C(=Cc2ccco2)SC(=S)N1N=Cc1ccccc1. The summed E-state index contributed by atoms with van der Waals surface area (Å²) in [4.78, 5) is 12.8. The van der Waals surface area contributed by atoms with Gasteiger partial charge in [0.05, 0.1) is 17.4 Å². The number of hydrogen-bond acceptors (Lipinski definition) is 5. The molecule has 1 fully saturated rings. The van der Waals surface area contributed by atoms with Crippen molar-refractivity contribution >= 4 is 46.5 Å². The molecule has 0 aliphatic carbocycles. The number of benzene rings is 1. The van der Waals surface area contributed by atoms with E-state index in [2.05, 4.69) is 5.10 Å². The molecule has 0 atom stereocenters. The zero-order valence-electron chi connectivity index (χ0n) is 10.8. The maximum absolute atomic E-state index is 12.3. The summed E-state index contributed by atoms with van der Waals surface area (Å²) >= 11 is 6.40. The first-order valence-corrected chi connectivity index (χ1v) is 7.37. The van der Waals surface area contributed by atoms with Crippen molar-refractivity contribution in [2.24, 2.45) is 5.10 Å². The van der Waals surface area contributed by atoms with Crippen molar-refractivity contribution in [2.45, 2.75) is 0 Å². The molecule has 2 aromatic rings. The molecule has 4 nitrogen and oxygen atoms in total. The van der Waals surface area contributed by atoms with Gasteiger partial charge >= 0.3 is 0 Å². The summed E-state index contributed by atoms with van der Waals surface area (Å²) < 4.78 is 5.61. The van der Waals surface area contributed by atoms with Gasteiger partial charge in [0.1, 0.15) is 5.76 Å². The predicted molar refractivity (Wildman–Crippen MR) is 87.8 cm³/mol. The first-order valence-electron chi connectivity index (χ1n) is 6.14. The molecule has 1 aromatic heterocycles. The Morgan fingerprint density at radius 1 is 1.19 bits per heavy atom. The van der Waals surface area contributed by atoms with Crippen molar-refractivity contribution in [1.82, 2.24) is 5.01 Å². The van der Waals surface area contributed by atoms with E-state index in [0.717, 1.165) is 5.56 Å².